The van der Waals surface area contributed by atoms with Gasteiger partial charge in [-0.3, -0.25) is 0 Å². The van der Waals surface area contributed by atoms with E-state index in [9.17, 15) is 0 Å². The third-order valence-corrected chi connectivity index (χ3v) is 7.57. The minimum atomic E-state index is 0.195. The van der Waals surface area contributed by atoms with Crippen LogP contribution in [-0.2, 0) is 11.8 Å². The third kappa shape index (κ3) is 2.32. The molecular weight excluding hydrogens is 427 g/mol. The first-order valence-corrected chi connectivity index (χ1v) is 10.6. The predicted molar refractivity (Wildman–Crippen MR) is 120 cm³/mol. The molecule has 0 N–H and O–H groups in total. The molecule has 5 rings (SSSR count). The molecule has 2 aromatic carbocycles. The average molecular weight is 450 g/mol. The van der Waals surface area contributed by atoms with Gasteiger partial charge in [-0.25, -0.2) is 0 Å². The Labute approximate surface area is 169 Å². The summed E-state index contributed by atoms with van der Waals surface area (Å²) in [5.41, 5.74) is 10.6. The van der Waals surface area contributed by atoms with Gasteiger partial charge in [0.2, 0.25) is 0 Å². The van der Waals surface area contributed by atoms with Crippen molar-refractivity contribution in [1.82, 2.24) is 0 Å². The van der Waals surface area contributed by atoms with Gasteiger partial charge >= 0.3 is 0 Å². The van der Waals surface area contributed by atoms with E-state index in [-0.39, 0.29) is 5.41 Å². The number of fused-ring (bicyclic) bond motifs is 4. The summed E-state index contributed by atoms with van der Waals surface area (Å²) in [5.74, 6) is 0.572. The molecule has 3 aliphatic carbocycles. The largest absolute Gasteiger partial charge is 0.0836 e. The molecule has 3 aliphatic rings. The second-order valence-electron chi connectivity index (χ2n) is 8.27. The summed E-state index contributed by atoms with van der Waals surface area (Å²) in [4.78, 5) is 0. The van der Waals surface area contributed by atoms with Gasteiger partial charge in [0.25, 0.3) is 0 Å². The summed E-state index contributed by atoms with van der Waals surface area (Å²) in [7, 11) is 0. The van der Waals surface area contributed by atoms with E-state index in [0.29, 0.717) is 5.92 Å². The quantitative estimate of drug-likeness (QED) is 0.410. The van der Waals surface area contributed by atoms with Crippen molar-refractivity contribution >= 4 is 39.8 Å². The fraction of sp³-hybridized carbons (Fsp3) is 0.280. The highest BCUT2D eigenvalue weighted by molar-refractivity contribution is 14.1. The molecule has 1 atom stereocenters. The van der Waals surface area contributed by atoms with Gasteiger partial charge in [-0.05, 0) is 98.2 Å². The second kappa shape index (κ2) is 5.95. The SMILES string of the molecule is CC1(C)c2ccccc2C2=CC=C(c3ccc(I)c4c3C=CCC4)CC21. The van der Waals surface area contributed by atoms with Crippen LogP contribution in [0.4, 0.5) is 0 Å². The van der Waals surface area contributed by atoms with Crippen molar-refractivity contribution < 1.29 is 0 Å². The Morgan fingerprint density at radius 3 is 2.73 bits per heavy atom. The summed E-state index contributed by atoms with van der Waals surface area (Å²) in [5, 5.41) is 0. The number of hydrogen-bond donors (Lipinski definition) is 0. The molecule has 0 radical (unpaired) electrons. The van der Waals surface area contributed by atoms with E-state index in [0.717, 1.165) is 6.42 Å². The molecule has 26 heavy (non-hydrogen) atoms. The van der Waals surface area contributed by atoms with E-state index in [1.54, 1.807) is 0 Å². The molecule has 0 bridgehead atoms. The van der Waals surface area contributed by atoms with Gasteiger partial charge < -0.3 is 0 Å². The second-order valence-corrected chi connectivity index (χ2v) is 9.43. The predicted octanol–water partition coefficient (Wildman–Crippen LogP) is 7.03. The molecule has 0 saturated carbocycles. The highest BCUT2D eigenvalue weighted by Gasteiger charge is 2.43. The molecule has 0 aromatic heterocycles. The first kappa shape index (κ1) is 16.6. The molecule has 0 aliphatic heterocycles. The molecule has 1 heteroatoms. The molecule has 0 saturated heterocycles. The topological polar surface area (TPSA) is 0 Å². The van der Waals surface area contributed by atoms with Crippen LogP contribution in [-0.4, -0.2) is 0 Å². The van der Waals surface area contributed by atoms with Gasteiger partial charge in [-0.15, -0.1) is 0 Å². The van der Waals surface area contributed by atoms with Crippen molar-refractivity contribution in [1.29, 1.82) is 0 Å². The lowest BCUT2D eigenvalue weighted by Gasteiger charge is -2.32. The number of benzene rings is 2. The van der Waals surface area contributed by atoms with Crippen molar-refractivity contribution in [2.24, 2.45) is 5.92 Å². The average Bonchev–Trinajstić information content (AvgIpc) is 2.90. The Bertz CT molecular complexity index is 1000. The molecule has 130 valence electrons. The lowest BCUT2D eigenvalue weighted by Crippen LogP contribution is -2.25. The van der Waals surface area contributed by atoms with Crippen LogP contribution < -0.4 is 0 Å². The fourth-order valence-electron chi connectivity index (χ4n) is 5.10. The van der Waals surface area contributed by atoms with Crippen LogP contribution in [0.25, 0.3) is 17.2 Å². The number of hydrogen-bond acceptors (Lipinski definition) is 0. The summed E-state index contributed by atoms with van der Waals surface area (Å²) in [6.07, 6.45) is 12.9. The highest BCUT2D eigenvalue weighted by atomic mass is 127. The van der Waals surface area contributed by atoms with Crippen LogP contribution in [0.15, 0.2) is 54.6 Å². The van der Waals surface area contributed by atoms with Gasteiger partial charge in [-0.2, -0.15) is 0 Å². The van der Waals surface area contributed by atoms with Gasteiger partial charge in [-0.1, -0.05) is 68.5 Å². The standard InChI is InChI=1S/C25H23I/c1-25(2)22-10-6-5-8-19(22)20-12-11-16(15-23(20)25)17-13-14-24(26)21-9-4-3-7-18(17)21/h3,5-8,10-14,23H,4,9,15H2,1-2H3. The number of rotatable bonds is 1. The van der Waals surface area contributed by atoms with Crippen molar-refractivity contribution in [2.75, 3.05) is 0 Å². The Balaban J connectivity index is 1.63. The zero-order valence-corrected chi connectivity index (χ0v) is 17.5. The molecule has 0 nitrogen and oxygen atoms in total. The maximum Gasteiger partial charge on any atom is 0.0168 e. The Hall–Kier alpha value is -1.61. The van der Waals surface area contributed by atoms with Crippen molar-refractivity contribution in [3.05, 3.63) is 86.0 Å². The molecule has 1 unspecified atom stereocenters. The van der Waals surface area contributed by atoms with Crippen molar-refractivity contribution in [2.45, 2.75) is 38.5 Å². The van der Waals surface area contributed by atoms with Crippen LogP contribution in [0.3, 0.4) is 0 Å². The van der Waals surface area contributed by atoms with Gasteiger partial charge in [0.1, 0.15) is 0 Å². The maximum absolute atomic E-state index is 2.50. The lowest BCUT2D eigenvalue weighted by molar-refractivity contribution is 0.418. The highest BCUT2D eigenvalue weighted by Crippen LogP contribution is 2.55. The summed E-state index contributed by atoms with van der Waals surface area (Å²) in [6, 6.07) is 13.6. The zero-order valence-electron chi connectivity index (χ0n) is 15.4. The smallest absolute Gasteiger partial charge is 0.0168 e. The Morgan fingerprint density at radius 1 is 1.00 bits per heavy atom. The normalized spacial score (nSPS) is 22.2. The molecule has 0 fully saturated rings. The van der Waals surface area contributed by atoms with E-state index >= 15 is 0 Å². The molecule has 0 amide bonds. The van der Waals surface area contributed by atoms with Gasteiger partial charge in [0.05, 0.1) is 0 Å². The lowest BCUT2D eigenvalue weighted by atomic mass is 9.71. The third-order valence-electron chi connectivity index (χ3n) is 6.56. The van der Waals surface area contributed by atoms with Crippen LogP contribution >= 0.6 is 22.6 Å². The molecule has 2 aromatic rings. The summed E-state index contributed by atoms with van der Waals surface area (Å²) in [6.45, 7) is 4.84. The van der Waals surface area contributed by atoms with Gasteiger partial charge in [0, 0.05) is 3.57 Å². The van der Waals surface area contributed by atoms with E-state index in [4.69, 9.17) is 0 Å². The Kier molecular flexibility index (Phi) is 3.79. The van der Waals surface area contributed by atoms with E-state index in [1.807, 2.05) is 0 Å². The molecule has 0 heterocycles. The zero-order chi connectivity index (χ0) is 17.9. The van der Waals surface area contributed by atoms with E-state index in [1.165, 1.54) is 55.4 Å². The monoisotopic (exact) mass is 450 g/mol. The fourth-order valence-corrected chi connectivity index (χ4v) is 5.84. The molecular formula is C25H23I. The minimum Gasteiger partial charge on any atom is -0.0836 e. The first-order valence-electron chi connectivity index (χ1n) is 9.56. The van der Waals surface area contributed by atoms with Crippen molar-refractivity contribution in [3.8, 4) is 0 Å². The minimum absolute atomic E-state index is 0.195. The number of allylic oxidation sites excluding steroid dienone is 5. The summed E-state index contributed by atoms with van der Waals surface area (Å²) >= 11 is 2.50. The molecule has 0 spiro atoms. The van der Waals surface area contributed by atoms with Crippen LogP contribution in [0.1, 0.15) is 54.5 Å². The Morgan fingerprint density at radius 2 is 1.85 bits per heavy atom. The number of halogens is 1. The van der Waals surface area contributed by atoms with E-state index < -0.39 is 0 Å². The van der Waals surface area contributed by atoms with Crippen LogP contribution in [0.2, 0.25) is 0 Å². The first-order chi connectivity index (χ1) is 12.6. The van der Waals surface area contributed by atoms with E-state index in [2.05, 4.69) is 97.1 Å². The van der Waals surface area contributed by atoms with Crippen LogP contribution in [0, 0.1) is 9.49 Å². The van der Waals surface area contributed by atoms with Crippen LogP contribution in [0.5, 0.6) is 0 Å². The maximum atomic E-state index is 2.50. The summed E-state index contributed by atoms with van der Waals surface area (Å²) < 4.78 is 1.41. The van der Waals surface area contributed by atoms with Gasteiger partial charge in [0.15, 0.2) is 0 Å². The van der Waals surface area contributed by atoms with Crippen molar-refractivity contribution in [3.63, 3.8) is 0 Å².